The third-order valence-corrected chi connectivity index (χ3v) is 2.94. The van der Waals surface area contributed by atoms with E-state index in [4.69, 9.17) is 4.74 Å². The molecule has 2 amide bonds. The Morgan fingerprint density at radius 3 is 2.76 bits per heavy atom. The van der Waals surface area contributed by atoms with Gasteiger partial charge in [0.1, 0.15) is 6.04 Å². The highest BCUT2D eigenvalue weighted by Crippen LogP contribution is 2.11. The molecule has 0 spiro atoms. The van der Waals surface area contributed by atoms with E-state index in [1.165, 1.54) is 0 Å². The molecule has 0 aromatic rings. The first-order valence-electron chi connectivity index (χ1n) is 6.23. The van der Waals surface area contributed by atoms with Gasteiger partial charge in [-0.3, -0.25) is 9.59 Å². The van der Waals surface area contributed by atoms with Crippen LogP contribution >= 0.6 is 0 Å². The van der Waals surface area contributed by atoms with Crippen molar-refractivity contribution >= 4 is 11.8 Å². The van der Waals surface area contributed by atoms with Gasteiger partial charge in [-0.25, -0.2) is 0 Å². The highest BCUT2D eigenvalue weighted by molar-refractivity contribution is 5.90. The molecule has 17 heavy (non-hydrogen) atoms. The topological polar surface area (TPSA) is 58.6 Å². The monoisotopic (exact) mass is 242 g/mol. The van der Waals surface area contributed by atoms with Crippen molar-refractivity contribution in [3.8, 4) is 0 Å². The maximum atomic E-state index is 12.0. The Morgan fingerprint density at radius 1 is 1.41 bits per heavy atom. The molecule has 1 N–H and O–H groups in total. The normalized spacial score (nSPS) is 25.7. The van der Waals surface area contributed by atoms with Crippen LogP contribution in [0.25, 0.3) is 0 Å². The van der Waals surface area contributed by atoms with E-state index in [9.17, 15) is 9.59 Å². The van der Waals surface area contributed by atoms with Crippen LogP contribution in [0.3, 0.4) is 0 Å². The lowest BCUT2D eigenvalue weighted by Crippen LogP contribution is -2.45. The lowest BCUT2D eigenvalue weighted by Gasteiger charge is -2.27. The van der Waals surface area contributed by atoms with Crippen LogP contribution < -0.4 is 5.32 Å². The quantitative estimate of drug-likeness (QED) is 0.716. The second kappa shape index (κ2) is 6.59. The largest absolute Gasteiger partial charge is 0.382 e. The number of hydrogen-bond donors (Lipinski definition) is 1. The van der Waals surface area contributed by atoms with E-state index in [0.717, 1.165) is 6.42 Å². The van der Waals surface area contributed by atoms with Crippen LogP contribution in [0, 0.1) is 0 Å². The van der Waals surface area contributed by atoms with E-state index >= 15 is 0 Å². The van der Waals surface area contributed by atoms with Gasteiger partial charge in [-0.15, -0.1) is 0 Å². The Balaban J connectivity index is 2.53. The van der Waals surface area contributed by atoms with Crippen LogP contribution in [0.1, 0.15) is 33.6 Å². The Bertz CT molecular complexity index is 281. The second-order valence-electron chi connectivity index (χ2n) is 4.42. The molecule has 0 saturated carbocycles. The minimum absolute atomic E-state index is 0.000140. The van der Waals surface area contributed by atoms with Gasteiger partial charge in [-0.05, 0) is 27.2 Å². The number of nitrogens with one attached hydrogen (secondary N) is 1. The van der Waals surface area contributed by atoms with Crippen LogP contribution in [-0.2, 0) is 14.3 Å². The number of nitrogens with zero attached hydrogens (tertiary/aromatic N) is 1. The van der Waals surface area contributed by atoms with Gasteiger partial charge >= 0.3 is 0 Å². The van der Waals surface area contributed by atoms with Crippen molar-refractivity contribution in [1.82, 2.24) is 10.2 Å². The summed E-state index contributed by atoms with van der Waals surface area (Å²) in [4.78, 5) is 25.3. The molecule has 5 nitrogen and oxygen atoms in total. The Hall–Kier alpha value is -1.10. The van der Waals surface area contributed by atoms with Gasteiger partial charge in [0, 0.05) is 32.2 Å². The first-order chi connectivity index (χ1) is 8.06. The van der Waals surface area contributed by atoms with Gasteiger partial charge in [0.15, 0.2) is 0 Å². The maximum absolute atomic E-state index is 12.0. The summed E-state index contributed by atoms with van der Waals surface area (Å²) in [5, 5.41) is 2.69. The van der Waals surface area contributed by atoms with Crippen molar-refractivity contribution in [3.63, 3.8) is 0 Å². The number of rotatable bonds is 5. The van der Waals surface area contributed by atoms with Gasteiger partial charge in [-0.1, -0.05) is 0 Å². The molecule has 5 heteroatoms. The molecule has 1 heterocycles. The molecule has 0 bridgehead atoms. The smallest absolute Gasteiger partial charge is 0.245 e. The van der Waals surface area contributed by atoms with Crippen molar-refractivity contribution < 1.29 is 14.3 Å². The summed E-state index contributed by atoms with van der Waals surface area (Å²) < 4.78 is 5.25. The Morgan fingerprint density at radius 2 is 2.12 bits per heavy atom. The minimum Gasteiger partial charge on any atom is -0.382 e. The van der Waals surface area contributed by atoms with Gasteiger partial charge in [-0.2, -0.15) is 0 Å². The molecule has 0 aromatic heterocycles. The van der Waals surface area contributed by atoms with Gasteiger partial charge in [0.05, 0.1) is 0 Å². The summed E-state index contributed by atoms with van der Waals surface area (Å²) in [7, 11) is 0. The molecule has 2 unspecified atom stereocenters. The molecule has 98 valence electrons. The van der Waals surface area contributed by atoms with E-state index in [1.54, 1.807) is 11.8 Å². The first-order valence-corrected chi connectivity index (χ1v) is 6.23. The summed E-state index contributed by atoms with van der Waals surface area (Å²) in [6, 6.07) is -0.450. The van der Waals surface area contributed by atoms with Crippen LogP contribution in [0.5, 0.6) is 0 Å². The molecule has 0 aliphatic carbocycles. The summed E-state index contributed by atoms with van der Waals surface area (Å²) >= 11 is 0. The number of carbonyl (C=O) groups excluding carboxylic acids is 2. The van der Waals surface area contributed by atoms with Crippen molar-refractivity contribution in [2.24, 2.45) is 0 Å². The zero-order valence-corrected chi connectivity index (χ0v) is 10.9. The fourth-order valence-electron chi connectivity index (χ4n) is 2.02. The van der Waals surface area contributed by atoms with Gasteiger partial charge < -0.3 is 15.0 Å². The van der Waals surface area contributed by atoms with Crippen LogP contribution in [0.4, 0.5) is 0 Å². The molecule has 1 rings (SSSR count). The van der Waals surface area contributed by atoms with Crippen LogP contribution in [-0.4, -0.2) is 48.6 Å². The van der Waals surface area contributed by atoms with E-state index in [-0.39, 0.29) is 17.9 Å². The van der Waals surface area contributed by atoms with Crippen LogP contribution in [0.2, 0.25) is 0 Å². The Labute approximate surface area is 102 Å². The summed E-state index contributed by atoms with van der Waals surface area (Å²) in [5.74, 6) is -0.0505. The summed E-state index contributed by atoms with van der Waals surface area (Å²) in [5.41, 5.74) is 0. The number of hydrogen-bond acceptors (Lipinski definition) is 3. The first kappa shape index (κ1) is 14.0. The summed E-state index contributed by atoms with van der Waals surface area (Å²) in [6.45, 7) is 7.59. The minimum atomic E-state index is -0.417. The molecular formula is C12H22N2O3. The summed E-state index contributed by atoms with van der Waals surface area (Å²) in [6.07, 6.45) is 1.19. The lowest BCUT2D eigenvalue weighted by atomic mass is 10.2. The standard InChI is InChI=1S/C12H22N2O3/c1-4-17-7-5-6-14-9(2)8-11(15)13-10(3)12(14)16/h9-10H,4-8H2,1-3H3,(H,13,15). The number of carbonyl (C=O) groups is 2. The van der Waals surface area contributed by atoms with Crippen molar-refractivity contribution in [3.05, 3.63) is 0 Å². The Kier molecular flexibility index (Phi) is 5.41. The van der Waals surface area contributed by atoms with Gasteiger partial charge in [0.25, 0.3) is 0 Å². The molecule has 1 aliphatic heterocycles. The highest BCUT2D eigenvalue weighted by Gasteiger charge is 2.30. The lowest BCUT2D eigenvalue weighted by molar-refractivity contribution is -0.134. The van der Waals surface area contributed by atoms with Crippen LogP contribution in [0.15, 0.2) is 0 Å². The molecule has 1 saturated heterocycles. The van der Waals surface area contributed by atoms with E-state index < -0.39 is 6.04 Å². The van der Waals surface area contributed by atoms with E-state index in [2.05, 4.69) is 5.32 Å². The highest BCUT2D eigenvalue weighted by atomic mass is 16.5. The second-order valence-corrected chi connectivity index (χ2v) is 4.42. The number of ether oxygens (including phenoxy) is 1. The maximum Gasteiger partial charge on any atom is 0.245 e. The third kappa shape index (κ3) is 4.00. The molecule has 1 aliphatic rings. The van der Waals surface area contributed by atoms with Crippen molar-refractivity contribution in [2.75, 3.05) is 19.8 Å². The van der Waals surface area contributed by atoms with E-state index in [0.29, 0.717) is 26.2 Å². The fraction of sp³-hybridized carbons (Fsp3) is 0.833. The molecule has 1 fully saturated rings. The fourth-order valence-corrected chi connectivity index (χ4v) is 2.02. The molecule has 0 radical (unpaired) electrons. The average Bonchev–Trinajstić information content (AvgIpc) is 2.35. The third-order valence-electron chi connectivity index (χ3n) is 2.94. The SMILES string of the molecule is CCOCCCN1C(=O)C(C)NC(=O)CC1C. The predicted octanol–water partition coefficient (Wildman–Crippen LogP) is 0.539. The van der Waals surface area contributed by atoms with E-state index in [1.807, 2.05) is 13.8 Å². The average molecular weight is 242 g/mol. The molecule has 2 atom stereocenters. The zero-order chi connectivity index (χ0) is 12.8. The van der Waals surface area contributed by atoms with Gasteiger partial charge in [0.2, 0.25) is 11.8 Å². The van der Waals surface area contributed by atoms with Crippen molar-refractivity contribution in [1.29, 1.82) is 0 Å². The zero-order valence-electron chi connectivity index (χ0n) is 10.9. The predicted molar refractivity (Wildman–Crippen MR) is 64.5 cm³/mol. The van der Waals surface area contributed by atoms with Crippen molar-refractivity contribution in [2.45, 2.75) is 45.7 Å². The molecular weight excluding hydrogens is 220 g/mol. The molecule has 0 aromatic carbocycles. The number of amides is 2.